The van der Waals surface area contributed by atoms with Gasteiger partial charge in [-0.15, -0.1) is 0 Å². The number of ether oxygens (including phenoxy) is 2. The Morgan fingerprint density at radius 2 is 2.32 bits per heavy atom. The van der Waals surface area contributed by atoms with Gasteiger partial charge in [-0.05, 0) is 37.0 Å². The Balaban J connectivity index is 1.95. The van der Waals surface area contributed by atoms with E-state index in [-0.39, 0.29) is 11.9 Å². The monoisotopic (exact) mass is 267 g/mol. The summed E-state index contributed by atoms with van der Waals surface area (Å²) in [6, 6.07) is 4.91. The first-order valence-corrected chi connectivity index (χ1v) is 6.93. The lowest BCUT2D eigenvalue weighted by Crippen LogP contribution is -2.21. The maximum atomic E-state index is 13.5. The normalized spacial score (nSPS) is 20.5. The molecule has 4 heteroatoms. The molecule has 0 aliphatic carbocycles. The first-order valence-electron chi connectivity index (χ1n) is 6.93. The molecular weight excluding hydrogens is 245 g/mol. The molecule has 2 N–H and O–H groups in total. The molecule has 1 aromatic rings. The van der Waals surface area contributed by atoms with Crippen molar-refractivity contribution in [1.82, 2.24) is 0 Å². The summed E-state index contributed by atoms with van der Waals surface area (Å²) in [6.45, 7) is 4.15. The van der Waals surface area contributed by atoms with Crippen molar-refractivity contribution in [2.24, 2.45) is 11.7 Å². The minimum atomic E-state index is -0.265. The van der Waals surface area contributed by atoms with Crippen LogP contribution in [0.2, 0.25) is 0 Å². The van der Waals surface area contributed by atoms with Gasteiger partial charge in [-0.25, -0.2) is 4.39 Å². The van der Waals surface area contributed by atoms with E-state index < -0.39 is 0 Å². The number of benzene rings is 1. The number of nitrogens with two attached hydrogens (primary N) is 1. The summed E-state index contributed by atoms with van der Waals surface area (Å²) in [5.41, 5.74) is 6.79. The molecular formula is C15H22FNO2. The van der Waals surface area contributed by atoms with Crippen molar-refractivity contribution in [2.45, 2.75) is 32.2 Å². The lowest BCUT2D eigenvalue weighted by molar-refractivity contribution is 0.167. The zero-order valence-corrected chi connectivity index (χ0v) is 11.4. The highest BCUT2D eigenvalue weighted by Crippen LogP contribution is 2.20. The van der Waals surface area contributed by atoms with Crippen LogP contribution in [0.15, 0.2) is 18.2 Å². The molecule has 1 aliphatic heterocycles. The highest BCUT2D eigenvalue weighted by Gasteiger charge is 2.16. The molecule has 1 fully saturated rings. The summed E-state index contributed by atoms with van der Waals surface area (Å²) in [5.74, 6) is 0.744. The molecule has 0 bridgehead atoms. The number of hydrogen-bond donors (Lipinski definition) is 1. The summed E-state index contributed by atoms with van der Waals surface area (Å²) < 4.78 is 24.5. The average molecular weight is 267 g/mol. The van der Waals surface area contributed by atoms with Gasteiger partial charge in [-0.2, -0.15) is 0 Å². The molecule has 0 spiro atoms. The summed E-state index contributed by atoms with van der Waals surface area (Å²) in [6.07, 6.45) is 2.58. The van der Waals surface area contributed by atoms with Gasteiger partial charge in [0.05, 0.1) is 13.2 Å². The number of halogens is 1. The molecule has 1 heterocycles. The van der Waals surface area contributed by atoms with Crippen molar-refractivity contribution < 1.29 is 13.9 Å². The number of rotatable bonds is 6. The molecule has 2 rings (SSSR count). The van der Waals surface area contributed by atoms with Crippen LogP contribution in [0.1, 0.15) is 25.3 Å². The summed E-state index contributed by atoms with van der Waals surface area (Å²) >= 11 is 0. The van der Waals surface area contributed by atoms with Crippen molar-refractivity contribution in [3.63, 3.8) is 0 Å². The van der Waals surface area contributed by atoms with Crippen molar-refractivity contribution in [3.8, 4) is 5.75 Å². The highest BCUT2D eigenvalue weighted by atomic mass is 19.1. The molecule has 106 valence electrons. The van der Waals surface area contributed by atoms with Crippen LogP contribution in [0, 0.1) is 11.7 Å². The third-order valence-electron chi connectivity index (χ3n) is 3.46. The van der Waals surface area contributed by atoms with Gasteiger partial charge < -0.3 is 15.2 Å². The van der Waals surface area contributed by atoms with Crippen LogP contribution in [-0.4, -0.2) is 25.9 Å². The molecule has 19 heavy (non-hydrogen) atoms. The van der Waals surface area contributed by atoms with Crippen molar-refractivity contribution in [3.05, 3.63) is 29.6 Å². The van der Waals surface area contributed by atoms with Crippen LogP contribution >= 0.6 is 0 Å². The molecule has 1 saturated heterocycles. The predicted octanol–water partition coefficient (Wildman–Crippen LogP) is 2.52. The third kappa shape index (κ3) is 4.48. The van der Waals surface area contributed by atoms with E-state index in [1.807, 2.05) is 13.0 Å². The lowest BCUT2D eigenvalue weighted by atomic mass is 10.0. The Bertz CT molecular complexity index is 405. The van der Waals surface area contributed by atoms with Crippen molar-refractivity contribution >= 4 is 0 Å². The van der Waals surface area contributed by atoms with E-state index in [0.717, 1.165) is 31.6 Å². The van der Waals surface area contributed by atoms with Gasteiger partial charge in [0.15, 0.2) is 0 Å². The lowest BCUT2D eigenvalue weighted by Gasteiger charge is -2.13. The van der Waals surface area contributed by atoms with Crippen LogP contribution in [-0.2, 0) is 11.2 Å². The summed E-state index contributed by atoms with van der Waals surface area (Å²) in [7, 11) is 0. The van der Waals surface area contributed by atoms with E-state index in [1.165, 1.54) is 12.1 Å². The van der Waals surface area contributed by atoms with Crippen LogP contribution in [0.5, 0.6) is 5.75 Å². The maximum absolute atomic E-state index is 13.5. The minimum Gasteiger partial charge on any atom is -0.493 e. The van der Waals surface area contributed by atoms with Gasteiger partial charge in [0, 0.05) is 24.6 Å². The van der Waals surface area contributed by atoms with Gasteiger partial charge in [-0.1, -0.05) is 6.92 Å². The van der Waals surface area contributed by atoms with Gasteiger partial charge >= 0.3 is 0 Å². The standard InChI is InChI=1S/C15H22FNO2/c1-2-14(17)6-12-5-13(16)8-15(7-12)19-10-11-3-4-18-9-11/h5,7-8,11,14H,2-4,6,9-10,17H2,1H3. The Hall–Kier alpha value is -1.13. The topological polar surface area (TPSA) is 44.5 Å². The fourth-order valence-electron chi connectivity index (χ4n) is 2.20. The SMILES string of the molecule is CCC(N)Cc1cc(F)cc(OCC2CCOC2)c1. The Kier molecular flexibility index (Phi) is 5.16. The molecule has 1 aliphatic rings. The Morgan fingerprint density at radius 1 is 1.47 bits per heavy atom. The molecule has 1 aromatic carbocycles. The quantitative estimate of drug-likeness (QED) is 0.861. The molecule has 0 aromatic heterocycles. The third-order valence-corrected chi connectivity index (χ3v) is 3.46. The minimum absolute atomic E-state index is 0.0675. The predicted molar refractivity (Wildman–Crippen MR) is 72.8 cm³/mol. The Morgan fingerprint density at radius 3 is 3.00 bits per heavy atom. The van der Waals surface area contributed by atoms with Crippen molar-refractivity contribution in [1.29, 1.82) is 0 Å². The molecule has 2 atom stereocenters. The van der Waals surface area contributed by atoms with Gasteiger partial charge in [0.2, 0.25) is 0 Å². The molecule has 0 radical (unpaired) electrons. The van der Waals surface area contributed by atoms with E-state index in [1.54, 1.807) is 0 Å². The summed E-state index contributed by atoms with van der Waals surface area (Å²) in [5, 5.41) is 0. The first kappa shape index (κ1) is 14.3. The van der Waals surface area contributed by atoms with E-state index in [4.69, 9.17) is 15.2 Å². The van der Waals surface area contributed by atoms with E-state index in [9.17, 15) is 4.39 Å². The average Bonchev–Trinajstić information content (AvgIpc) is 2.88. The fourth-order valence-corrected chi connectivity index (χ4v) is 2.20. The van der Waals surface area contributed by atoms with Crippen LogP contribution in [0.25, 0.3) is 0 Å². The smallest absolute Gasteiger partial charge is 0.127 e. The zero-order valence-electron chi connectivity index (χ0n) is 11.4. The van der Waals surface area contributed by atoms with Crippen LogP contribution < -0.4 is 10.5 Å². The second-order valence-corrected chi connectivity index (χ2v) is 5.21. The van der Waals surface area contributed by atoms with Gasteiger partial charge in [0.1, 0.15) is 11.6 Å². The zero-order chi connectivity index (χ0) is 13.7. The number of hydrogen-bond acceptors (Lipinski definition) is 3. The van der Waals surface area contributed by atoms with Crippen LogP contribution in [0.4, 0.5) is 4.39 Å². The largest absolute Gasteiger partial charge is 0.493 e. The molecule has 3 nitrogen and oxygen atoms in total. The highest BCUT2D eigenvalue weighted by molar-refractivity contribution is 5.30. The van der Waals surface area contributed by atoms with E-state index >= 15 is 0 Å². The molecule has 0 amide bonds. The maximum Gasteiger partial charge on any atom is 0.127 e. The fraction of sp³-hybridized carbons (Fsp3) is 0.600. The molecule has 0 saturated carbocycles. The van der Waals surface area contributed by atoms with Gasteiger partial charge in [-0.3, -0.25) is 0 Å². The first-order chi connectivity index (χ1) is 9.17. The van der Waals surface area contributed by atoms with Crippen molar-refractivity contribution in [2.75, 3.05) is 19.8 Å². The molecule has 2 unspecified atom stereocenters. The second-order valence-electron chi connectivity index (χ2n) is 5.21. The van der Waals surface area contributed by atoms with Gasteiger partial charge in [0.25, 0.3) is 0 Å². The Labute approximate surface area is 113 Å². The van der Waals surface area contributed by atoms with Crippen LogP contribution in [0.3, 0.4) is 0 Å². The van der Waals surface area contributed by atoms with E-state index in [0.29, 0.717) is 24.7 Å². The summed E-state index contributed by atoms with van der Waals surface area (Å²) in [4.78, 5) is 0. The van der Waals surface area contributed by atoms with E-state index in [2.05, 4.69) is 0 Å². The second kappa shape index (κ2) is 6.87.